The van der Waals surface area contributed by atoms with E-state index < -0.39 is 5.60 Å². The van der Waals surface area contributed by atoms with E-state index in [-0.39, 0.29) is 16.6 Å². The first-order valence-electron chi connectivity index (χ1n) is 7.97. The number of carbonyl (C=O) groups excluding carboxylic acids is 1. The van der Waals surface area contributed by atoms with Gasteiger partial charge in [-0.25, -0.2) is 0 Å². The van der Waals surface area contributed by atoms with E-state index >= 15 is 0 Å². The second-order valence-corrected chi connectivity index (χ2v) is 8.47. The molecule has 0 amide bonds. The molecule has 0 bridgehead atoms. The molecular formula is C20H28O2. The van der Waals surface area contributed by atoms with Crippen LogP contribution in [-0.4, -0.2) is 10.9 Å². The minimum Gasteiger partial charge on any atom is -0.377 e. The normalized spacial score (nSPS) is 22.1. The zero-order valence-corrected chi connectivity index (χ0v) is 14.9. The summed E-state index contributed by atoms with van der Waals surface area (Å²) in [5, 5.41) is 11.1. The fraction of sp³-hybridized carbons (Fsp3) is 0.550. The molecule has 2 heteroatoms. The molecule has 0 fully saturated rings. The maximum Gasteiger partial charge on any atom is 0.166 e. The number of benzene rings is 1. The summed E-state index contributed by atoms with van der Waals surface area (Å²) in [5.74, 6) is -0.186. The van der Waals surface area contributed by atoms with E-state index in [1.165, 1.54) is 12.5 Å². The van der Waals surface area contributed by atoms with Crippen LogP contribution in [0, 0.1) is 5.41 Å². The molecule has 1 N–H and O–H groups in total. The molecular weight excluding hydrogens is 272 g/mol. The lowest BCUT2D eigenvalue weighted by molar-refractivity contribution is -0.136. The van der Waals surface area contributed by atoms with Crippen LogP contribution in [0.4, 0.5) is 0 Å². The standard InChI is InChI=1S/C20H28O2/c1-13(21)20(22)12-11-15(18(2,3)4)14-9-8-10-16(17(14)20)19(5,6)7/h8-11,22H,12H2,1-7H3. The van der Waals surface area contributed by atoms with Gasteiger partial charge in [0.2, 0.25) is 0 Å². The second kappa shape index (κ2) is 5.06. The molecule has 0 radical (unpaired) electrons. The number of carbonyl (C=O) groups is 1. The Kier molecular flexibility index (Phi) is 3.90. The molecule has 2 rings (SSSR count). The van der Waals surface area contributed by atoms with Gasteiger partial charge < -0.3 is 5.11 Å². The summed E-state index contributed by atoms with van der Waals surface area (Å²) in [6, 6.07) is 6.11. The van der Waals surface area contributed by atoms with Crippen molar-refractivity contribution in [3.05, 3.63) is 41.0 Å². The largest absolute Gasteiger partial charge is 0.377 e. The SMILES string of the molecule is CC(=O)C1(O)CC=C(C(C)(C)C)c2cccc(C(C)(C)C)c21. The molecule has 1 aliphatic carbocycles. The van der Waals surface area contributed by atoms with Crippen molar-refractivity contribution >= 4 is 11.4 Å². The Hall–Kier alpha value is -1.41. The van der Waals surface area contributed by atoms with Gasteiger partial charge in [0.25, 0.3) is 0 Å². The van der Waals surface area contributed by atoms with Crippen LogP contribution < -0.4 is 0 Å². The van der Waals surface area contributed by atoms with E-state index in [9.17, 15) is 9.90 Å². The van der Waals surface area contributed by atoms with E-state index in [1.54, 1.807) is 0 Å². The van der Waals surface area contributed by atoms with Gasteiger partial charge >= 0.3 is 0 Å². The van der Waals surface area contributed by atoms with Gasteiger partial charge in [-0.05, 0) is 34.5 Å². The third-order valence-corrected chi connectivity index (χ3v) is 4.57. The van der Waals surface area contributed by atoms with Crippen LogP contribution in [-0.2, 0) is 15.8 Å². The first-order chi connectivity index (χ1) is 9.89. The van der Waals surface area contributed by atoms with Crippen LogP contribution in [0.15, 0.2) is 24.3 Å². The Labute approximate surface area is 134 Å². The van der Waals surface area contributed by atoms with Crippen molar-refractivity contribution in [2.45, 2.75) is 65.9 Å². The Morgan fingerprint density at radius 2 is 1.68 bits per heavy atom. The highest BCUT2D eigenvalue weighted by atomic mass is 16.3. The molecule has 1 aliphatic rings. The monoisotopic (exact) mass is 300 g/mol. The van der Waals surface area contributed by atoms with Gasteiger partial charge in [0.15, 0.2) is 11.4 Å². The molecule has 22 heavy (non-hydrogen) atoms. The Morgan fingerprint density at radius 3 is 2.14 bits per heavy atom. The predicted molar refractivity (Wildman–Crippen MR) is 91.8 cm³/mol. The predicted octanol–water partition coefficient (Wildman–Crippen LogP) is 4.59. The summed E-state index contributed by atoms with van der Waals surface area (Å²) in [5.41, 5.74) is 2.52. The van der Waals surface area contributed by atoms with E-state index in [0.717, 1.165) is 16.7 Å². The lowest BCUT2D eigenvalue weighted by atomic mass is 9.66. The zero-order chi connectivity index (χ0) is 16.9. The highest BCUT2D eigenvalue weighted by Crippen LogP contribution is 2.48. The number of rotatable bonds is 1. The molecule has 0 saturated carbocycles. The fourth-order valence-electron chi connectivity index (χ4n) is 3.34. The van der Waals surface area contributed by atoms with Crippen LogP contribution in [0.1, 0.15) is 71.6 Å². The molecule has 2 nitrogen and oxygen atoms in total. The number of allylic oxidation sites excluding steroid dienone is 1. The molecule has 1 aromatic carbocycles. The third-order valence-electron chi connectivity index (χ3n) is 4.57. The van der Waals surface area contributed by atoms with E-state index in [0.29, 0.717) is 6.42 Å². The van der Waals surface area contributed by atoms with Crippen molar-refractivity contribution in [2.24, 2.45) is 5.41 Å². The summed E-state index contributed by atoms with van der Waals surface area (Å²) in [4.78, 5) is 12.2. The highest BCUT2D eigenvalue weighted by molar-refractivity contribution is 5.91. The smallest absolute Gasteiger partial charge is 0.166 e. The van der Waals surface area contributed by atoms with Gasteiger partial charge in [0.05, 0.1) is 0 Å². The average molecular weight is 300 g/mol. The number of hydrogen-bond acceptors (Lipinski definition) is 2. The van der Waals surface area contributed by atoms with Crippen molar-refractivity contribution in [3.8, 4) is 0 Å². The van der Waals surface area contributed by atoms with Crippen LogP contribution >= 0.6 is 0 Å². The second-order valence-electron chi connectivity index (χ2n) is 8.47. The topological polar surface area (TPSA) is 37.3 Å². The average Bonchev–Trinajstić information content (AvgIpc) is 2.35. The molecule has 1 atom stereocenters. The Bertz CT molecular complexity index is 639. The molecule has 0 heterocycles. The number of aliphatic hydroxyl groups is 1. The zero-order valence-electron chi connectivity index (χ0n) is 14.9. The molecule has 0 spiro atoms. The summed E-state index contributed by atoms with van der Waals surface area (Å²) >= 11 is 0. The molecule has 1 aromatic rings. The van der Waals surface area contributed by atoms with Crippen molar-refractivity contribution < 1.29 is 9.90 Å². The summed E-state index contributed by atoms with van der Waals surface area (Å²) < 4.78 is 0. The number of fused-ring (bicyclic) bond motifs is 1. The van der Waals surface area contributed by atoms with Crippen molar-refractivity contribution in [1.29, 1.82) is 0 Å². The van der Waals surface area contributed by atoms with Gasteiger partial charge in [-0.1, -0.05) is 65.8 Å². The maximum absolute atomic E-state index is 12.2. The first-order valence-corrected chi connectivity index (χ1v) is 7.97. The van der Waals surface area contributed by atoms with Gasteiger partial charge in [-0.2, -0.15) is 0 Å². The molecule has 0 saturated heterocycles. The van der Waals surface area contributed by atoms with Crippen LogP contribution in [0.3, 0.4) is 0 Å². The number of hydrogen-bond donors (Lipinski definition) is 1. The summed E-state index contributed by atoms with van der Waals surface area (Å²) in [7, 11) is 0. The lowest BCUT2D eigenvalue weighted by Crippen LogP contribution is -2.39. The fourth-order valence-corrected chi connectivity index (χ4v) is 3.34. The molecule has 120 valence electrons. The number of ketones is 1. The quantitative estimate of drug-likeness (QED) is 0.823. The highest BCUT2D eigenvalue weighted by Gasteiger charge is 2.43. The van der Waals surface area contributed by atoms with E-state index in [2.05, 4.69) is 41.5 Å². The first kappa shape index (κ1) is 17.0. The van der Waals surface area contributed by atoms with Crippen LogP contribution in [0.5, 0.6) is 0 Å². The minimum atomic E-state index is -1.41. The van der Waals surface area contributed by atoms with Gasteiger partial charge in [-0.3, -0.25) is 4.79 Å². The van der Waals surface area contributed by atoms with Gasteiger partial charge in [0.1, 0.15) is 0 Å². The molecule has 0 aliphatic heterocycles. The lowest BCUT2D eigenvalue weighted by Gasteiger charge is -2.40. The Balaban J connectivity index is 2.85. The van der Waals surface area contributed by atoms with E-state index in [4.69, 9.17) is 0 Å². The van der Waals surface area contributed by atoms with Crippen LogP contribution in [0.2, 0.25) is 0 Å². The number of Topliss-reactive ketones (excluding diaryl/α,β-unsaturated/α-hetero) is 1. The van der Waals surface area contributed by atoms with Crippen LogP contribution in [0.25, 0.3) is 5.57 Å². The van der Waals surface area contributed by atoms with Crippen molar-refractivity contribution in [3.63, 3.8) is 0 Å². The van der Waals surface area contributed by atoms with Gasteiger partial charge in [-0.15, -0.1) is 0 Å². The third kappa shape index (κ3) is 2.65. The van der Waals surface area contributed by atoms with E-state index in [1.807, 2.05) is 24.3 Å². The minimum absolute atomic E-state index is 0.0244. The Morgan fingerprint density at radius 1 is 1.09 bits per heavy atom. The summed E-state index contributed by atoms with van der Waals surface area (Å²) in [6.07, 6.45) is 2.39. The van der Waals surface area contributed by atoms with Crippen molar-refractivity contribution in [2.75, 3.05) is 0 Å². The molecule has 0 aromatic heterocycles. The molecule has 1 unspecified atom stereocenters. The maximum atomic E-state index is 12.2. The van der Waals surface area contributed by atoms with Crippen molar-refractivity contribution in [1.82, 2.24) is 0 Å². The van der Waals surface area contributed by atoms with Gasteiger partial charge in [0, 0.05) is 12.0 Å². The summed E-state index contributed by atoms with van der Waals surface area (Å²) in [6.45, 7) is 14.4.